The minimum Gasteiger partial charge on any atom is -0.493 e. The lowest BCUT2D eigenvalue weighted by Crippen LogP contribution is -2.36. The van der Waals surface area contributed by atoms with Crippen LogP contribution in [-0.2, 0) is 22.6 Å². The average Bonchev–Trinajstić information content (AvgIpc) is 3.09. The van der Waals surface area contributed by atoms with Gasteiger partial charge in [-0.2, -0.15) is 0 Å². The fraction of sp³-hybridized carbons (Fsp3) is 0.300. The largest absolute Gasteiger partial charge is 0.493 e. The Morgan fingerprint density at radius 2 is 2.08 bits per heavy atom. The van der Waals surface area contributed by atoms with Gasteiger partial charge in [0.25, 0.3) is 0 Å². The third-order valence-corrected chi connectivity index (χ3v) is 4.45. The van der Waals surface area contributed by atoms with E-state index in [1.807, 2.05) is 42.5 Å². The van der Waals surface area contributed by atoms with E-state index in [1.165, 1.54) is 5.56 Å². The molecule has 0 aliphatic carbocycles. The van der Waals surface area contributed by atoms with Crippen molar-refractivity contribution >= 4 is 16.9 Å². The first-order valence-corrected chi connectivity index (χ1v) is 8.77. The maximum Gasteiger partial charge on any atom is 0.246 e. The molecule has 1 atom stereocenters. The quantitative estimate of drug-likeness (QED) is 0.715. The average molecular weight is 351 g/mol. The Bertz CT molecular complexity index is 873. The number of hydrogen-bond acceptors (Lipinski definition) is 4. The van der Waals surface area contributed by atoms with Gasteiger partial charge in [0.1, 0.15) is 24.8 Å². The van der Waals surface area contributed by atoms with Crippen LogP contribution in [0.4, 0.5) is 0 Å². The summed E-state index contributed by atoms with van der Waals surface area (Å²) < 4.78 is 11.2. The number of ether oxygens (including phenoxy) is 2. The summed E-state index contributed by atoms with van der Waals surface area (Å²) in [7, 11) is 0. The van der Waals surface area contributed by atoms with Crippen LogP contribution in [0.3, 0.4) is 0 Å². The van der Waals surface area contributed by atoms with Crippen molar-refractivity contribution in [2.24, 2.45) is 5.92 Å². The molecule has 4 rings (SSSR count). The van der Waals surface area contributed by atoms with Gasteiger partial charge in [0.05, 0.1) is 17.6 Å². The highest BCUT2D eigenvalue weighted by atomic mass is 16.5. The second kappa shape index (κ2) is 7.58. The van der Waals surface area contributed by atoms with E-state index in [2.05, 4.69) is 21.4 Å². The van der Waals surface area contributed by atoms with Gasteiger partial charge in [0, 0.05) is 12.5 Å². The van der Waals surface area contributed by atoms with E-state index in [0.717, 1.165) is 29.0 Å². The van der Waals surface area contributed by atoms with Gasteiger partial charge in [0.2, 0.25) is 5.91 Å². The molecule has 1 amide bonds. The van der Waals surface area contributed by atoms with E-state index >= 15 is 0 Å². The van der Waals surface area contributed by atoms with Crippen molar-refractivity contribution in [2.45, 2.75) is 13.0 Å². The Morgan fingerprint density at radius 1 is 1.23 bits per heavy atom. The number of benzene rings is 2. The zero-order valence-electron chi connectivity index (χ0n) is 14.4. The van der Waals surface area contributed by atoms with E-state index in [9.17, 15) is 4.79 Å². The van der Waals surface area contributed by atoms with Crippen LogP contribution in [0.15, 0.2) is 48.5 Å². The maximum atomic E-state index is 12.0. The zero-order chi connectivity index (χ0) is 17.8. The highest BCUT2D eigenvalue weighted by molar-refractivity contribution is 5.77. The molecule has 2 N–H and O–H groups in total. The molecular formula is C20H21N3O3. The second-order valence-corrected chi connectivity index (χ2v) is 6.49. The van der Waals surface area contributed by atoms with Crippen molar-refractivity contribution in [2.75, 3.05) is 19.8 Å². The smallest absolute Gasteiger partial charge is 0.246 e. The third-order valence-electron chi connectivity index (χ3n) is 4.45. The van der Waals surface area contributed by atoms with E-state index in [0.29, 0.717) is 13.2 Å². The Balaban J connectivity index is 1.20. The van der Waals surface area contributed by atoms with Crippen molar-refractivity contribution in [1.29, 1.82) is 0 Å². The summed E-state index contributed by atoms with van der Waals surface area (Å²) in [6, 6.07) is 15.8. The monoisotopic (exact) mass is 351 g/mol. The first-order valence-electron chi connectivity index (χ1n) is 8.77. The van der Waals surface area contributed by atoms with Crippen molar-refractivity contribution in [3.8, 4) is 5.75 Å². The molecule has 1 aliphatic heterocycles. The van der Waals surface area contributed by atoms with Gasteiger partial charge in [-0.25, -0.2) is 4.98 Å². The molecule has 1 aromatic heterocycles. The molecule has 6 heteroatoms. The molecule has 1 aliphatic rings. The number of imidazole rings is 1. The number of carbonyl (C=O) groups is 1. The standard InChI is InChI=1S/C20H21N3O3/c24-20(13-25-12-19-22-16-6-2-3-7-17(16)23-19)21-10-14-9-15-5-1-4-8-18(15)26-11-14/h1-8,14H,9-13H2,(H,21,24)(H,22,23). The van der Waals surface area contributed by atoms with Crippen molar-refractivity contribution in [3.63, 3.8) is 0 Å². The number of aromatic nitrogens is 2. The molecule has 0 saturated carbocycles. The van der Waals surface area contributed by atoms with Crippen LogP contribution in [0.25, 0.3) is 11.0 Å². The van der Waals surface area contributed by atoms with E-state index < -0.39 is 0 Å². The number of hydrogen-bond donors (Lipinski definition) is 2. The Morgan fingerprint density at radius 3 is 3.00 bits per heavy atom. The Kier molecular flexibility index (Phi) is 4.84. The third kappa shape index (κ3) is 3.86. The summed E-state index contributed by atoms with van der Waals surface area (Å²) in [6.07, 6.45) is 0.913. The van der Waals surface area contributed by atoms with Gasteiger partial charge in [-0.05, 0) is 30.2 Å². The van der Waals surface area contributed by atoms with E-state index in [4.69, 9.17) is 9.47 Å². The van der Waals surface area contributed by atoms with Gasteiger partial charge in [-0.1, -0.05) is 30.3 Å². The van der Waals surface area contributed by atoms with E-state index in [1.54, 1.807) is 0 Å². The highest BCUT2D eigenvalue weighted by Gasteiger charge is 2.19. The van der Waals surface area contributed by atoms with Crippen molar-refractivity contribution in [1.82, 2.24) is 15.3 Å². The first kappa shape index (κ1) is 16.6. The molecule has 0 radical (unpaired) electrons. The van der Waals surface area contributed by atoms with E-state index in [-0.39, 0.29) is 25.0 Å². The highest BCUT2D eigenvalue weighted by Crippen LogP contribution is 2.26. The summed E-state index contributed by atoms with van der Waals surface area (Å²) in [5.74, 6) is 1.82. The molecule has 0 bridgehead atoms. The van der Waals surface area contributed by atoms with Gasteiger partial charge < -0.3 is 19.8 Å². The number of aromatic amines is 1. The summed E-state index contributed by atoms with van der Waals surface area (Å²) in [5, 5.41) is 2.92. The summed E-state index contributed by atoms with van der Waals surface area (Å²) >= 11 is 0. The molecule has 0 spiro atoms. The maximum absolute atomic E-state index is 12.0. The van der Waals surface area contributed by atoms with Crippen LogP contribution in [-0.4, -0.2) is 35.6 Å². The molecule has 1 unspecified atom stereocenters. The topological polar surface area (TPSA) is 76.2 Å². The Labute approximate surface area is 151 Å². The molecule has 0 fully saturated rings. The van der Waals surface area contributed by atoms with Crippen molar-refractivity contribution in [3.05, 3.63) is 59.9 Å². The van der Waals surface area contributed by atoms with Crippen LogP contribution < -0.4 is 10.1 Å². The summed E-state index contributed by atoms with van der Waals surface area (Å²) in [5.41, 5.74) is 3.06. The fourth-order valence-electron chi connectivity index (χ4n) is 3.15. The van der Waals surface area contributed by atoms with Gasteiger partial charge in [-0.3, -0.25) is 4.79 Å². The van der Waals surface area contributed by atoms with Crippen LogP contribution in [0.1, 0.15) is 11.4 Å². The lowest BCUT2D eigenvalue weighted by molar-refractivity contribution is -0.126. The number of fused-ring (bicyclic) bond motifs is 2. The SMILES string of the molecule is O=C(COCc1nc2ccccc2[nH]1)NCC1COc2ccccc2C1. The fourth-order valence-corrected chi connectivity index (χ4v) is 3.15. The number of nitrogens with one attached hydrogen (secondary N) is 2. The summed E-state index contributed by atoms with van der Waals surface area (Å²) in [4.78, 5) is 19.6. The molecule has 2 heterocycles. The van der Waals surface area contributed by atoms with Gasteiger partial charge >= 0.3 is 0 Å². The molecule has 0 saturated heterocycles. The number of amides is 1. The number of nitrogens with zero attached hydrogens (tertiary/aromatic N) is 1. The molecule has 3 aromatic rings. The number of carbonyl (C=O) groups excluding carboxylic acids is 1. The molecular weight excluding hydrogens is 330 g/mol. The molecule has 2 aromatic carbocycles. The minimum atomic E-state index is -0.125. The lowest BCUT2D eigenvalue weighted by Gasteiger charge is -2.25. The minimum absolute atomic E-state index is 0.0151. The predicted octanol–water partition coefficient (Wildman–Crippen LogP) is 2.45. The number of para-hydroxylation sites is 3. The second-order valence-electron chi connectivity index (χ2n) is 6.49. The van der Waals surface area contributed by atoms with Crippen LogP contribution in [0.5, 0.6) is 5.75 Å². The summed E-state index contributed by atoms with van der Waals surface area (Å²) in [6.45, 7) is 1.50. The van der Waals surface area contributed by atoms with Crippen LogP contribution in [0, 0.1) is 5.92 Å². The zero-order valence-corrected chi connectivity index (χ0v) is 14.4. The predicted molar refractivity (Wildman–Crippen MR) is 97.9 cm³/mol. The van der Waals surface area contributed by atoms with Gasteiger partial charge in [0.15, 0.2) is 0 Å². The molecule has 26 heavy (non-hydrogen) atoms. The Hall–Kier alpha value is -2.86. The number of rotatable bonds is 6. The van der Waals surface area contributed by atoms with Crippen LogP contribution >= 0.6 is 0 Å². The number of H-pyrrole nitrogens is 1. The lowest BCUT2D eigenvalue weighted by atomic mass is 9.97. The normalized spacial score (nSPS) is 16.1. The van der Waals surface area contributed by atoms with Crippen LogP contribution in [0.2, 0.25) is 0 Å². The first-order chi connectivity index (χ1) is 12.8. The molecule has 134 valence electrons. The van der Waals surface area contributed by atoms with Crippen molar-refractivity contribution < 1.29 is 14.3 Å². The van der Waals surface area contributed by atoms with Gasteiger partial charge in [-0.15, -0.1) is 0 Å². The molecule has 6 nitrogen and oxygen atoms in total.